The summed E-state index contributed by atoms with van der Waals surface area (Å²) in [6.45, 7) is 0.708. The zero-order valence-electron chi connectivity index (χ0n) is 16.0. The second kappa shape index (κ2) is 8.93. The van der Waals surface area contributed by atoms with Crippen LogP contribution in [0.4, 0.5) is 11.4 Å². The van der Waals surface area contributed by atoms with Gasteiger partial charge in [-0.2, -0.15) is 0 Å². The van der Waals surface area contributed by atoms with Crippen molar-refractivity contribution in [2.45, 2.75) is 38.5 Å². The molecule has 0 radical (unpaired) electrons. The number of hydrogen-bond donors (Lipinski definition) is 1. The van der Waals surface area contributed by atoms with Crippen LogP contribution in [0, 0.1) is 0 Å². The third-order valence-corrected chi connectivity index (χ3v) is 6.42. The van der Waals surface area contributed by atoms with E-state index in [1.54, 1.807) is 28.4 Å². The summed E-state index contributed by atoms with van der Waals surface area (Å²) in [7, 11) is 0. The minimum absolute atomic E-state index is 0.0684. The summed E-state index contributed by atoms with van der Waals surface area (Å²) >= 11 is 7.95. The fraction of sp³-hybridized carbons (Fsp3) is 0.318. The maximum atomic E-state index is 12.4. The molecule has 1 saturated heterocycles. The number of aromatic nitrogens is 1. The van der Waals surface area contributed by atoms with Crippen molar-refractivity contribution in [1.82, 2.24) is 4.98 Å². The molecule has 0 unspecified atom stereocenters. The van der Waals surface area contributed by atoms with Crippen LogP contribution in [0.3, 0.4) is 0 Å². The number of halogens is 1. The van der Waals surface area contributed by atoms with Gasteiger partial charge < -0.3 is 10.2 Å². The van der Waals surface area contributed by atoms with E-state index in [4.69, 9.17) is 11.6 Å². The van der Waals surface area contributed by atoms with E-state index in [1.807, 2.05) is 24.3 Å². The second-order valence-electron chi connectivity index (χ2n) is 7.14. The molecule has 0 bridgehead atoms. The molecular formula is C22H22ClN3O2S. The zero-order valence-corrected chi connectivity index (χ0v) is 17.6. The van der Waals surface area contributed by atoms with E-state index >= 15 is 0 Å². The van der Waals surface area contributed by atoms with E-state index in [0.717, 1.165) is 41.9 Å². The van der Waals surface area contributed by atoms with Crippen LogP contribution in [-0.2, 0) is 16.0 Å². The molecule has 2 heterocycles. The van der Waals surface area contributed by atoms with Crippen molar-refractivity contribution in [2.24, 2.45) is 0 Å². The van der Waals surface area contributed by atoms with Crippen LogP contribution in [0.2, 0.25) is 5.02 Å². The third-order valence-electron chi connectivity index (χ3n) is 4.99. The molecule has 4 rings (SSSR count). The monoisotopic (exact) mass is 427 g/mol. The fourth-order valence-electron chi connectivity index (χ4n) is 3.50. The normalized spacial score (nSPS) is 14.0. The first-order valence-electron chi connectivity index (χ1n) is 9.84. The van der Waals surface area contributed by atoms with Gasteiger partial charge in [0.1, 0.15) is 0 Å². The molecule has 2 amide bonds. The summed E-state index contributed by atoms with van der Waals surface area (Å²) < 4.78 is 1.20. The average Bonchev–Trinajstić information content (AvgIpc) is 3.32. The van der Waals surface area contributed by atoms with Gasteiger partial charge in [0.2, 0.25) is 11.8 Å². The number of hydrogen-bond acceptors (Lipinski definition) is 4. The summed E-state index contributed by atoms with van der Waals surface area (Å²) in [5.41, 5.74) is 2.37. The predicted molar refractivity (Wildman–Crippen MR) is 119 cm³/mol. The van der Waals surface area contributed by atoms with Gasteiger partial charge in [0.05, 0.1) is 25.9 Å². The van der Waals surface area contributed by atoms with Crippen molar-refractivity contribution in [1.29, 1.82) is 0 Å². The first kappa shape index (κ1) is 19.9. The number of para-hydroxylation sites is 1. The van der Waals surface area contributed by atoms with Crippen LogP contribution in [0.1, 0.15) is 37.1 Å². The summed E-state index contributed by atoms with van der Waals surface area (Å²) in [5, 5.41) is 4.47. The molecule has 1 aromatic heterocycles. The average molecular weight is 428 g/mol. The van der Waals surface area contributed by atoms with Gasteiger partial charge in [0.15, 0.2) is 0 Å². The molecule has 1 N–H and O–H groups in total. The first-order chi connectivity index (χ1) is 14.1. The molecule has 1 fully saturated rings. The van der Waals surface area contributed by atoms with Crippen LogP contribution >= 0.6 is 22.9 Å². The highest BCUT2D eigenvalue weighted by molar-refractivity contribution is 7.18. The maximum absolute atomic E-state index is 12.4. The van der Waals surface area contributed by atoms with Crippen molar-refractivity contribution in [2.75, 3.05) is 16.8 Å². The van der Waals surface area contributed by atoms with E-state index in [2.05, 4.69) is 16.4 Å². The van der Waals surface area contributed by atoms with Gasteiger partial charge in [-0.15, -0.1) is 11.3 Å². The Morgan fingerprint density at radius 3 is 2.86 bits per heavy atom. The Bertz CT molecular complexity index is 1020. The zero-order chi connectivity index (χ0) is 20.2. The van der Waals surface area contributed by atoms with Crippen LogP contribution in [0.5, 0.6) is 0 Å². The molecule has 29 heavy (non-hydrogen) atoms. The Balaban J connectivity index is 1.28. The quantitative estimate of drug-likeness (QED) is 0.511. The van der Waals surface area contributed by atoms with Crippen molar-refractivity contribution in [3.8, 4) is 0 Å². The molecule has 0 spiro atoms. The van der Waals surface area contributed by atoms with Crippen molar-refractivity contribution >= 4 is 56.3 Å². The van der Waals surface area contributed by atoms with Crippen molar-refractivity contribution in [3.63, 3.8) is 0 Å². The largest absolute Gasteiger partial charge is 0.325 e. The lowest BCUT2D eigenvalue weighted by Gasteiger charge is -2.17. The molecule has 0 atom stereocenters. The third kappa shape index (κ3) is 4.77. The molecule has 3 aromatic rings. The van der Waals surface area contributed by atoms with Gasteiger partial charge in [0, 0.05) is 25.1 Å². The highest BCUT2D eigenvalue weighted by atomic mass is 35.5. The van der Waals surface area contributed by atoms with Crippen LogP contribution in [0.15, 0.2) is 42.5 Å². The SMILES string of the molecule is O=C(CCCCc1nc2ccccc2s1)Nc1cc(N2CCCC2=O)ccc1Cl. The highest BCUT2D eigenvalue weighted by Crippen LogP contribution is 2.30. The van der Waals surface area contributed by atoms with Gasteiger partial charge in [-0.3, -0.25) is 9.59 Å². The Hall–Kier alpha value is -2.44. The number of rotatable bonds is 7. The lowest BCUT2D eigenvalue weighted by atomic mass is 10.2. The lowest BCUT2D eigenvalue weighted by molar-refractivity contribution is -0.117. The smallest absolute Gasteiger partial charge is 0.227 e. The Kier molecular flexibility index (Phi) is 6.11. The van der Waals surface area contributed by atoms with Gasteiger partial charge in [-0.25, -0.2) is 4.98 Å². The molecule has 7 heteroatoms. The number of carbonyl (C=O) groups is 2. The van der Waals surface area contributed by atoms with E-state index in [0.29, 0.717) is 30.1 Å². The van der Waals surface area contributed by atoms with Gasteiger partial charge in [0.25, 0.3) is 0 Å². The number of aryl methyl sites for hydroxylation is 1. The molecule has 150 valence electrons. The number of benzene rings is 2. The minimum atomic E-state index is -0.0684. The number of fused-ring (bicyclic) bond motifs is 1. The Labute approximate surface area is 178 Å². The summed E-state index contributed by atoms with van der Waals surface area (Å²) in [6.07, 6.45) is 4.41. The number of nitrogens with one attached hydrogen (secondary N) is 1. The van der Waals surface area contributed by atoms with Crippen LogP contribution in [-0.4, -0.2) is 23.3 Å². The molecule has 0 aliphatic carbocycles. The maximum Gasteiger partial charge on any atom is 0.227 e. The highest BCUT2D eigenvalue weighted by Gasteiger charge is 2.22. The Morgan fingerprint density at radius 2 is 2.07 bits per heavy atom. The van der Waals surface area contributed by atoms with Crippen LogP contribution in [0.25, 0.3) is 10.2 Å². The van der Waals surface area contributed by atoms with Gasteiger partial charge >= 0.3 is 0 Å². The molecule has 2 aromatic carbocycles. The molecule has 1 aliphatic heterocycles. The number of thiazole rings is 1. The van der Waals surface area contributed by atoms with Crippen molar-refractivity contribution in [3.05, 3.63) is 52.5 Å². The van der Waals surface area contributed by atoms with E-state index < -0.39 is 0 Å². The summed E-state index contributed by atoms with van der Waals surface area (Å²) in [5.74, 6) is 0.0422. The summed E-state index contributed by atoms with van der Waals surface area (Å²) in [6, 6.07) is 13.5. The number of nitrogens with zero attached hydrogens (tertiary/aromatic N) is 2. The standard InChI is InChI=1S/C22H22ClN3O2S/c23-16-12-11-15(26-13-5-10-22(26)28)14-18(16)24-20(27)8-3-4-9-21-25-17-6-1-2-7-19(17)29-21/h1-2,6-7,11-12,14H,3-5,8-10,13H2,(H,24,27). The predicted octanol–water partition coefficient (Wildman–Crippen LogP) is 5.43. The minimum Gasteiger partial charge on any atom is -0.325 e. The second-order valence-corrected chi connectivity index (χ2v) is 8.67. The topological polar surface area (TPSA) is 62.3 Å². The van der Waals surface area contributed by atoms with E-state index in [1.165, 1.54) is 4.70 Å². The van der Waals surface area contributed by atoms with Gasteiger partial charge in [-0.05, 0) is 56.0 Å². The van der Waals surface area contributed by atoms with Crippen molar-refractivity contribution < 1.29 is 9.59 Å². The van der Waals surface area contributed by atoms with E-state index in [-0.39, 0.29) is 11.8 Å². The van der Waals surface area contributed by atoms with Gasteiger partial charge in [-0.1, -0.05) is 23.7 Å². The number of unbranched alkanes of at least 4 members (excludes halogenated alkanes) is 1. The number of carbonyl (C=O) groups excluding carboxylic acids is 2. The van der Waals surface area contributed by atoms with E-state index in [9.17, 15) is 9.59 Å². The lowest BCUT2D eigenvalue weighted by Crippen LogP contribution is -2.23. The Morgan fingerprint density at radius 1 is 1.21 bits per heavy atom. The molecule has 1 aliphatic rings. The molecular weight excluding hydrogens is 406 g/mol. The van der Waals surface area contributed by atoms with Crippen LogP contribution < -0.4 is 10.2 Å². The number of anilines is 2. The molecule has 5 nitrogen and oxygen atoms in total. The summed E-state index contributed by atoms with van der Waals surface area (Å²) in [4.78, 5) is 30.7. The fourth-order valence-corrected chi connectivity index (χ4v) is 4.67. The number of amides is 2. The molecule has 0 saturated carbocycles. The first-order valence-corrected chi connectivity index (χ1v) is 11.0.